The second kappa shape index (κ2) is 8.68. The van der Waals surface area contributed by atoms with Crippen molar-refractivity contribution in [2.24, 2.45) is 0 Å². The van der Waals surface area contributed by atoms with Crippen molar-refractivity contribution < 1.29 is 4.74 Å². The smallest absolute Gasteiger partial charge is 0.119 e. The molecule has 7 rings (SSSR count). The number of aromatic amines is 1. The van der Waals surface area contributed by atoms with Gasteiger partial charge in [0, 0.05) is 39.3 Å². The summed E-state index contributed by atoms with van der Waals surface area (Å²) in [6.07, 6.45) is 4.38. The Labute approximate surface area is 215 Å². The van der Waals surface area contributed by atoms with Crippen LogP contribution in [0.3, 0.4) is 0 Å². The molecule has 0 amide bonds. The van der Waals surface area contributed by atoms with Gasteiger partial charge in [0.15, 0.2) is 0 Å². The predicted molar refractivity (Wildman–Crippen MR) is 152 cm³/mol. The average Bonchev–Trinajstić information content (AvgIpc) is 3.39. The number of aromatic nitrogens is 2. The second-order valence-electron chi connectivity index (χ2n) is 9.31. The van der Waals surface area contributed by atoms with Crippen molar-refractivity contribution in [2.45, 2.75) is 6.04 Å². The summed E-state index contributed by atoms with van der Waals surface area (Å²) in [4.78, 5) is 11.1. The zero-order chi connectivity index (χ0) is 24.8. The van der Waals surface area contributed by atoms with Crippen LogP contribution in [0.1, 0.15) is 28.4 Å². The zero-order valence-corrected chi connectivity index (χ0v) is 20.4. The van der Waals surface area contributed by atoms with Crippen molar-refractivity contribution in [1.82, 2.24) is 9.97 Å². The summed E-state index contributed by atoms with van der Waals surface area (Å²) in [6, 6.07) is 38.0. The van der Waals surface area contributed by atoms with Crippen LogP contribution < -0.4 is 9.64 Å². The molecule has 0 fully saturated rings. The topological polar surface area (TPSA) is 41.1 Å². The Morgan fingerprint density at radius 1 is 0.784 bits per heavy atom. The number of para-hydroxylation sites is 2. The molecule has 2 aromatic heterocycles. The molecular formula is C33H25N3O. The number of hydrogen-bond acceptors (Lipinski definition) is 3. The van der Waals surface area contributed by atoms with E-state index >= 15 is 0 Å². The molecule has 0 radical (unpaired) electrons. The highest BCUT2D eigenvalue weighted by atomic mass is 16.5. The van der Waals surface area contributed by atoms with Gasteiger partial charge in [-0.3, -0.25) is 0 Å². The van der Waals surface area contributed by atoms with Crippen molar-refractivity contribution in [3.05, 3.63) is 138 Å². The van der Waals surface area contributed by atoms with Crippen molar-refractivity contribution in [3.63, 3.8) is 0 Å². The number of hydrogen-bond donors (Lipinski definition) is 1. The molecule has 3 heterocycles. The summed E-state index contributed by atoms with van der Waals surface area (Å²) in [7, 11) is 1.70. The molecular weight excluding hydrogens is 454 g/mol. The first-order valence-electron chi connectivity index (χ1n) is 12.5. The van der Waals surface area contributed by atoms with Crippen LogP contribution >= 0.6 is 0 Å². The van der Waals surface area contributed by atoms with Gasteiger partial charge >= 0.3 is 0 Å². The first-order valence-corrected chi connectivity index (χ1v) is 12.5. The van der Waals surface area contributed by atoms with Gasteiger partial charge in [0.1, 0.15) is 5.75 Å². The van der Waals surface area contributed by atoms with Crippen LogP contribution in [0.15, 0.2) is 115 Å². The SMILES string of the molecule is COc1ccc(N2C(c3ccccc3)=Cc3nc4ccccc4cc3C2c2c[nH]c3ccccc23)cc1. The van der Waals surface area contributed by atoms with E-state index in [0.717, 1.165) is 44.8 Å². The van der Waals surface area contributed by atoms with Crippen LogP contribution in [-0.4, -0.2) is 17.1 Å². The van der Waals surface area contributed by atoms with Gasteiger partial charge in [-0.1, -0.05) is 66.7 Å². The molecule has 4 heteroatoms. The minimum atomic E-state index is -0.0862. The molecule has 1 aliphatic heterocycles. The average molecular weight is 480 g/mol. The van der Waals surface area contributed by atoms with Gasteiger partial charge in [0.25, 0.3) is 0 Å². The van der Waals surface area contributed by atoms with E-state index in [1.807, 2.05) is 18.2 Å². The van der Waals surface area contributed by atoms with Gasteiger partial charge in [-0.05, 0) is 54.1 Å². The predicted octanol–water partition coefficient (Wildman–Crippen LogP) is 7.83. The summed E-state index contributed by atoms with van der Waals surface area (Å²) >= 11 is 0. The number of benzene rings is 4. The van der Waals surface area contributed by atoms with Crippen molar-refractivity contribution in [2.75, 3.05) is 12.0 Å². The molecule has 0 saturated carbocycles. The minimum Gasteiger partial charge on any atom is -0.497 e. The van der Waals surface area contributed by atoms with Crippen LogP contribution in [0, 0.1) is 0 Å². The van der Waals surface area contributed by atoms with Gasteiger partial charge in [0.05, 0.1) is 30.1 Å². The first kappa shape index (κ1) is 21.5. The summed E-state index contributed by atoms with van der Waals surface area (Å²) in [5.74, 6) is 0.836. The maximum Gasteiger partial charge on any atom is 0.119 e. The molecule has 4 aromatic carbocycles. The van der Waals surface area contributed by atoms with E-state index in [-0.39, 0.29) is 6.04 Å². The molecule has 1 atom stereocenters. The third-order valence-electron chi connectivity index (χ3n) is 7.21. The molecule has 6 aromatic rings. The molecule has 0 aliphatic carbocycles. The second-order valence-corrected chi connectivity index (χ2v) is 9.31. The third kappa shape index (κ3) is 3.57. The lowest BCUT2D eigenvalue weighted by molar-refractivity contribution is 0.415. The van der Waals surface area contributed by atoms with Gasteiger partial charge in [-0.15, -0.1) is 0 Å². The van der Waals surface area contributed by atoms with E-state index in [2.05, 4.69) is 113 Å². The molecule has 178 valence electrons. The van der Waals surface area contributed by atoms with Crippen molar-refractivity contribution in [1.29, 1.82) is 0 Å². The maximum absolute atomic E-state index is 5.48. The van der Waals surface area contributed by atoms with E-state index in [0.29, 0.717) is 0 Å². The Morgan fingerprint density at radius 2 is 1.54 bits per heavy atom. The zero-order valence-electron chi connectivity index (χ0n) is 20.4. The summed E-state index contributed by atoms with van der Waals surface area (Å²) < 4.78 is 5.48. The maximum atomic E-state index is 5.48. The van der Waals surface area contributed by atoms with E-state index in [1.165, 1.54) is 16.5 Å². The number of methoxy groups -OCH3 is 1. The fraction of sp³-hybridized carbons (Fsp3) is 0.0606. The van der Waals surface area contributed by atoms with Crippen LogP contribution in [0.5, 0.6) is 5.75 Å². The number of nitrogens with one attached hydrogen (secondary N) is 1. The van der Waals surface area contributed by atoms with Gasteiger partial charge in [0.2, 0.25) is 0 Å². The Bertz CT molecular complexity index is 1770. The molecule has 4 nitrogen and oxygen atoms in total. The Kier molecular flexibility index (Phi) is 5.03. The van der Waals surface area contributed by atoms with Gasteiger partial charge in [-0.25, -0.2) is 4.98 Å². The molecule has 1 aliphatic rings. The number of rotatable bonds is 4. The van der Waals surface area contributed by atoms with E-state index in [1.54, 1.807) is 7.11 Å². The first-order chi connectivity index (χ1) is 18.3. The van der Waals surface area contributed by atoms with Crippen LogP contribution in [0.25, 0.3) is 33.6 Å². The minimum absolute atomic E-state index is 0.0862. The fourth-order valence-electron chi connectivity index (χ4n) is 5.45. The molecule has 1 unspecified atom stereocenters. The van der Waals surface area contributed by atoms with Crippen molar-refractivity contribution in [3.8, 4) is 5.75 Å². The van der Waals surface area contributed by atoms with Gasteiger partial charge in [-0.2, -0.15) is 0 Å². The largest absolute Gasteiger partial charge is 0.497 e. The lowest BCUT2D eigenvalue weighted by Crippen LogP contribution is -2.31. The van der Waals surface area contributed by atoms with E-state index in [4.69, 9.17) is 9.72 Å². The number of pyridine rings is 1. The molecule has 0 spiro atoms. The lowest BCUT2D eigenvalue weighted by atomic mass is 9.88. The summed E-state index contributed by atoms with van der Waals surface area (Å²) in [6.45, 7) is 0. The monoisotopic (exact) mass is 479 g/mol. The van der Waals surface area contributed by atoms with Crippen LogP contribution in [0.4, 0.5) is 5.69 Å². The van der Waals surface area contributed by atoms with Crippen LogP contribution in [0.2, 0.25) is 0 Å². The highest BCUT2D eigenvalue weighted by molar-refractivity contribution is 5.97. The quantitative estimate of drug-likeness (QED) is 0.280. The Hall–Kier alpha value is -4.83. The Morgan fingerprint density at radius 3 is 2.38 bits per heavy atom. The molecule has 0 saturated heterocycles. The lowest BCUT2D eigenvalue weighted by Gasteiger charge is -2.39. The highest BCUT2D eigenvalue weighted by Gasteiger charge is 2.34. The van der Waals surface area contributed by atoms with Gasteiger partial charge < -0.3 is 14.6 Å². The number of ether oxygens (including phenoxy) is 1. The molecule has 37 heavy (non-hydrogen) atoms. The number of H-pyrrole nitrogens is 1. The van der Waals surface area contributed by atoms with E-state index in [9.17, 15) is 0 Å². The summed E-state index contributed by atoms with van der Waals surface area (Å²) in [5.41, 5.74) is 8.85. The standard InChI is InChI=1S/C33H25N3O/c1-37-25-17-15-24(16-18-25)36-32(22-9-3-2-4-10-22)20-31-27(19-23-11-5-7-13-29(23)35-31)33(36)28-21-34-30-14-8-6-12-26(28)30/h2-21,33-34H,1H3. The number of anilines is 1. The van der Waals surface area contributed by atoms with Crippen LogP contribution in [-0.2, 0) is 0 Å². The summed E-state index contributed by atoms with van der Waals surface area (Å²) in [5, 5.41) is 2.34. The number of fused-ring (bicyclic) bond motifs is 3. The normalized spacial score (nSPS) is 15.0. The van der Waals surface area contributed by atoms with Crippen molar-refractivity contribution >= 4 is 39.3 Å². The van der Waals surface area contributed by atoms with E-state index < -0.39 is 0 Å². The fourth-order valence-corrected chi connectivity index (χ4v) is 5.45. The molecule has 1 N–H and O–H groups in total. The highest BCUT2D eigenvalue weighted by Crippen LogP contribution is 2.47. The third-order valence-corrected chi connectivity index (χ3v) is 7.21. The Balaban J connectivity index is 1.56. The number of nitrogens with zero attached hydrogens (tertiary/aromatic N) is 2. The molecule has 0 bridgehead atoms.